The summed E-state index contributed by atoms with van der Waals surface area (Å²) in [4.78, 5) is 28.7. The second-order valence-electron chi connectivity index (χ2n) is 6.78. The fourth-order valence-electron chi connectivity index (χ4n) is 3.31. The summed E-state index contributed by atoms with van der Waals surface area (Å²) in [5.74, 6) is 0.119. The summed E-state index contributed by atoms with van der Waals surface area (Å²) in [6.45, 7) is 2.69. The second-order valence-corrected chi connectivity index (χ2v) is 7.21. The minimum atomic E-state index is -0.138. The Morgan fingerprint density at radius 3 is 2.50 bits per heavy atom. The first kappa shape index (κ1) is 18.5. The van der Waals surface area contributed by atoms with Crippen LogP contribution in [0.15, 0.2) is 59.0 Å². The van der Waals surface area contributed by atoms with Gasteiger partial charge in [-0.2, -0.15) is 0 Å². The fraction of sp³-hybridized carbons (Fsp3) is 0.238. The molecule has 144 valence electrons. The SMILES string of the molecule is O=C(CN1CCN(C(=O)c2cc3cc(Cl)ccc3o2)CC1)Nc1ccccc1. The van der Waals surface area contributed by atoms with Gasteiger partial charge in [0, 0.05) is 42.3 Å². The van der Waals surface area contributed by atoms with Crippen molar-refractivity contribution in [2.24, 2.45) is 0 Å². The number of amides is 2. The van der Waals surface area contributed by atoms with Crippen molar-refractivity contribution < 1.29 is 14.0 Å². The van der Waals surface area contributed by atoms with Crippen LogP contribution in [-0.4, -0.2) is 54.3 Å². The van der Waals surface area contributed by atoms with Crippen LogP contribution in [0.3, 0.4) is 0 Å². The Kier molecular flexibility index (Phi) is 5.32. The number of benzene rings is 2. The number of nitrogens with one attached hydrogen (secondary N) is 1. The number of rotatable bonds is 4. The summed E-state index contributed by atoms with van der Waals surface area (Å²) in [5, 5.41) is 4.30. The van der Waals surface area contributed by atoms with E-state index in [9.17, 15) is 9.59 Å². The first-order valence-electron chi connectivity index (χ1n) is 9.14. The van der Waals surface area contributed by atoms with Crippen LogP contribution in [0, 0.1) is 0 Å². The molecule has 2 amide bonds. The summed E-state index contributed by atoms with van der Waals surface area (Å²) in [6.07, 6.45) is 0. The third kappa shape index (κ3) is 4.18. The molecule has 1 aromatic heterocycles. The van der Waals surface area contributed by atoms with Crippen LogP contribution < -0.4 is 5.32 Å². The largest absolute Gasteiger partial charge is 0.451 e. The molecule has 0 bridgehead atoms. The fourth-order valence-corrected chi connectivity index (χ4v) is 3.49. The van der Waals surface area contributed by atoms with E-state index in [1.165, 1.54) is 0 Å². The zero-order valence-electron chi connectivity index (χ0n) is 15.2. The number of anilines is 1. The number of fused-ring (bicyclic) bond motifs is 1. The highest BCUT2D eigenvalue weighted by molar-refractivity contribution is 6.31. The lowest BCUT2D eigenvalue weighted by Gasteiger charge is -2.33. The van der Waals surface area contributed by atoms with Gasteiger partial charge in [0.15, 0.2) is 5.76 Å². The lowest BCUT2D eigenvalue weighted by atomic mass is 10.2. The minimum absolute atomic E-state index is 0.0554. The molecule has 3 aromatic rings. The third-order valence-electron chi connectivity index (χ3n) is 4.77. The van der Waals surface area contributed by atoms with Crippen LogP contribution >= 0.6 is 11.6 Å². The Hall–Kier alpha value is -2.83. The van der Waals surface area contributed by atoms with Gasteiger partial charge in [-0.3, -0.25) is 14.5 Å². The molecule has 1 saturated heterocycles. The number of carbonyl (C=O) groups excluding carboxylic acids is 2. The molecule has 0 saturated carbocycles. The quantitative estimate of drug-likeness (QED) is 0.732. The first-order valence-corrected chi connectivity index (χ1v) is 9.52. The van der Waals surface area contributed by atoms with Crippen molar-refractivity contribution in [2.45, 2.75) is 0 Å². The highest BCUT2D eigenvalue weighted by Gasteiger charge is 2.25. The molecule has 0 unspecified atom stereocenters. The molecule has 1 fully saturated rings. The standard InChI is InChI=1S/C21H20ClN3O3/c22-16-6-7-18-15(12-16)13-19(28-18)21(27)25-10-8-24(9-11-25)14-20(26)23-17-4-2-1-3-5-17/h1-7,12-13H,8-11,14H2,(H,23,26). The van der Waals surface area contributed by atoms with Gasteiger partial charge in [-0.1, -0.05) is 29.8 Å². The number of furan rings is 1. The van der Waals surface area contributed by atoms with E-state index in [1.54, 1.807) is 29.2 Å². The number of nitrogens with zero attached hydrogens (tertiary/aromatic N) is 2. The zero-order chi connectivity index (χ0) is 19.5. The number of hydrogen-bond donors (Lipinski definition) is 1. The van der Waals surface area contributed by atoms with Crippen molar-refractivity contribution in [3.05, 3.63) is 65.4 Å². The summed E-state index contributed by atoms with van der Waals surface area (Å²) in [6, 6.07) is 16.4. The van der Waals surface area contributed by atoms with Crippen molar-refractivity contribution in [3.8, 4) is 0 Å². The van der Waals surface area contributed by atoms with Gasteiger partial charge in [-0.25, -0.2) is 0 Å². The summed E-state index contributed by atoms with van der Waals surface area (Å²) < 4.78 is 5.67. The van der Waals surface area contributed by atoms with Crippen LogP contribution in [0.25, 0.3) is 11.0 Å². The first-order chi connectivity index (χ1) is 13.6. The van der Waals surface area contributed by atoms with E-state index >= 15 is 0 Å². The molecule has 0 radical (unpaired) electrons. The van der Waals surface area contributed by atoms with E-state index in [2.05, 4.69) is 5.32 Å². The molecule has 1 N–H and O–H groups in total. The minimum Gasteiger partial charge on any atom is -0.451 e. The monoisotopic (exact) mass is 397 g/mol. The maximum Gasteiger partial charge on any atom is 0.289 e. The molecule has 28 heavy (non-hydrogen) atoms. The normalized spacial score (nSPS) is 15.0. The van der Waals surface area contributed by atoms with Gasteiger partial charge >= 0.3 is 0 Å². The van der Waals surface area contributed by atoms with Gasteiger partial charge in [0.25, 0.3) is 5.91 Å². The lowest BCUT2D eigenvalue weighted by molar-refractivity contribution is -0.117. The van der Waals surface area contributed by atoms with Crippen molar-refractivity contribution in [1.82, 2.24) is 9.80 Å². The molecule has 2 aromatic carbocycles. The van der Waals surface area contributed by atoms with Crippen LogP contribution in [0.5, 0.6) is 0 Å². The predicted octanol–water partition coefficient (Wildman–Crippen LogP) is 3.48. The summed E-state index contributed by atoms with van der Waals surface area (Å²) in [7, 11) is 0. The molecule has 0 atom stereocenters. The Morgan fingerprint density at radius 2 is 1.75 bits per heavy atom. The van der Waals surface area contributed by atoms with Crippen LogP contribution in [0.4, 0.5) is 5.69 Å². The topological polar surface area (TPSA) is 65.8 Å². The Morgan fingerprint density at radius 1 is 1.00 bits per heavy atom. The molecule has 6 nitrogen and oxygen atoms in total. The number of hydrogen-bond acceptors (Lipinski definition) is 4. The van der Waals surface area contributed by atoms with Crippen LogP contribution in [0.1, 0.15) is 10.6 Å². The van der Waals surface area contributed by atoms with Gasteiger partial charge < -0.3 is 14.6 Å². The predicted molar refractivity (Wildman–Crippen MR) is 109 cm³/mol. The van der Waals surface area contributed by atoms with Gasteiger partial charge in [-0.15, -0.1) is 0 Å². The highest BCUT2D eigenvalue weighted by atomic mass is 35.5. The number of para-hydroxylation sites is 1. The van der Waals surface area contributed by atoms with Gasteiger partial charge in [-0.05, 0) is 36.4 Å². The van der Waals surface area contributed by atoms with Crippen LogP contribution in [-0.2, 0) is 4.79 Å². The van der Waals surface area contributed by atoms with Gasteiger partial charge in [0.05, 0.1) is 6.54 Å². The molecular formula is C21H20ClN3O3. The number of carbonyl (C=O) groups is 2. The van der Waals surface area contributed by atoms with Crippen LogP contribution in [0.2, 0.25) is 5.02 Å². The van der Waals surface area contributed by atoms with Crippen molar-refractivity contribution in [1.29, 1.82) is 0 Å². The molecule has 7 heteroatoms. The summed E-state index contributed by atoms with van der Waals surface area (Å²) >= 11 is 5.99. The zero-order valence-corrected chi connectivity index (χ0v) is 16.0. The van der Waals surface area contributed by atoms with E-state index in [1.807, 2.05) is 35.2 Å². The Bertz CT molecular complexity index is 995. The molecule has 1 aliphatic rings. The van der Waals surface area contributed by atoms with Crippen molar-refractivity contribution >= 4 is 40.1 Å². The van der Waals surface area contributed by atoms with E-state index in [-0.39, 0.29) is 11.8 Å². The molecule has 0 aliphatic carbocycles. The molecule has 0 spiro atoms. The average molecular weight is 398 g/mol. The molecular weight excluding hydrogens is 378 g/mol. The molecule has 4 rings (SSSR count). The van der Waals surface area contributed by atoms with Crippen molar-refractivity contribution in [2.75, 3.05) is 38.0 Å². The van der Waals surface area contributed by atoms with E-state index in [4.69, 9.17) is 16.0 Å². The Labute approximate surface area is 167 Å². The molecule has 1 aliphatic heterocycles. The maximum atomic E-state index is 12.7. The van der Waals surface area contributed by atoms with E-state index in [0.717, 1.165) is 11.1 Å². The number of piperazine rings is 1. The van der Waals surface area contributed by atoms with E-state index in [0.29, 0.717) is 49.1 Å². The maximum absolute atomic E-state index is 12.7. The van der Waals surface area contributed by atoms with E-state index < -0.39 is 0 Å². The van der Waals surface area contributed by atoms with Gasteiger partial charge in [0.1, 0.15) is 5.58 Å². The van der Waals surface area contributed by atoms with Gasteiger partial charge in [0.2, 0.25) is 5.91 Å². The molecule has 2 heterocycles. The summed E-state index contributed by atoms with van der Waals surface area (Å²) in [5.41, 5.74) is 1.43. The lowest BCUT2D eigenvalue weighted by Crippen LogP contribution is -2.50. The third-order valence-corrected chi connectivity index (χ3v) is 5.01. The second kappa shape index (κ2) is 8.04. The smallest absolute Gasteiger partial charge is 0.289 e. The highest BCUT2D eigenvalue weighted by Crippen LogP contribution is 2.24. The van der Waals surface area contributed by atoms with Crippen molar-refractivity contribution in [3.63, 3.8) is 0 Å². The number of halogens is 1. The Balaban J connectivity index is 1.31. The average Bonchev–Trinajstić information content (AvgIpc) is 3.12.